The topological polar surface area (TPSA) is 54.5 Å². The van der Waals surface area contributed by atoms with Gasteiger partial charge in [-0.1, -0.05) is 30.3 Å². The molecule has 90 valence electrons. The maximum Gasteiger partial charge on any atom is 0.113 e. The highest BCUT2D eigenvalue weighted by Crippen LogP contribution is 2.16. The van der Waals surface area contributed by atoms with Gasteiger partial charge in [0.25, 0.3) is 0 Å². The van der Waals surface area contributed by atoms with Gasteiger partial charge >= 0.3 is 0 Å². The molecule has 0 fully saturated rings. The van der Waals surface area contributed by atoms with Gasteiger partial charge in [-0.3, -0.25) is 0 Å². The van der Waals surface area contributed by atoms with Crippen LogP contribution in [0, 0.1) is 11.3 Å². The first-order valence-corrected chi connectivity index (χ1v) is 5.85. The van der Waals surface area contributed by atoms with Gasteiger partial charge in [-0.05, 0) is 24.3 Å². The lowest BCUT2D eigenvalue weighted by Gasteiger charge is -1.99. The standard InChI is InChI=1S/C15H10N4/c16-10-12-6-8-14(9-7-12)19-17-11-15(18-19)13-4-2-1-3-5-13/h1-9,11H. The Labute approximate surface area is 110 Å². The number of aromatic nitrogens is 3. The summed E-state index contributed by atoms with van der Waals surface area (Å²) < 4.78 is 0. The quantitative estimate of drug-likeness (QED) is 0.698. The Hall–Kier alpha value is -2.93. The van der Waals surface area contributed by atoms with Crippen molar-refractivity contribution < 1.29 is 0 Å². The largest absolute Gasteiger partial charge is 0.192 e. The van der Waals surface area contributed by atoms with E-state index < -0.39 is 0 Å². The summed E-state index contributed by atoms with van der Waals surface area (Å²) in [6.07, 6.45) is 1.73. The fourth-order valence-corrected chi connectivity index (χ4v) is 1.80. The van der Waals surface area contributed by atoms with Crippen LogP contribution in [0.1, 0.15) is 5.56 Å². The van der Waals surface area contributed by atoms with E-state index in [1.807, 2.05) is 42.5 Å². The van der Waals surface area contributed by atoms with E-state index in [2.05, 4.69) is 16.3 Å². The molecule has 0 aliphatic rings. The third-order valence-electron chi connectivity index (χ3n) is 2.79. The molecular weight excluding hydrogens is 236 g/mol. The van der Waals surface area contributed by atoms with Crippen molar-refractivity contribution in [2.45, 2.75) is 0 Å². The molecule has 4 heteroatoms. The number of nitriles is 1. The van der Waals surface area contributed by atoms with Gasteiger partial charge in [0.1, 0.15) is 5.69 Å². The monoisotopic (exact) mass is 246 g/mol. The molecule has 0 amide bonds. The molecule has 3 aromatic rings. The minimum absolute atomic E-state index is 0.624. The number of rotatable bonds is 2. The average Bonchev–Trinajstić information content (AvgIpc) is 2.98. The van der Waals surface area contributed by atoms with Gasteiger partial charge in [-0.2, -0.15) is 15.2 Å². The molecule has 1 heterocycles. The Balaban J connectivity index is 1.95. The molecule has 1 aromatic heterocycles. The van der Waals surface area contributed by atoms with Crippen molar-refractivity contribution in [2.24, 2.45) is 0 Å². The van der Waals surface area contributed by atoms with E-state index in [0.29, 0.717) is 5.56 Å². The van der Waals surface area contributed by atoms with Crippen LogP contribution in [-0.4, -0.2) is 15.0 Å². The number of hydrogen-bond acceptors (Lipinski definition) is 3. The number of nitrogens with zero attached hydrogens (tertiary/aromatic N) is 4. The van der Waals surface area contributed by atoms with Gasteiger partial charge in [-0.25, -0.2) is 0 Å². The molecule has 0 saturated heterocycles. The van der Waals surface area contributed by atoms with Crippen LogP contribution in [0.2, 0.25) is 0 Å². The number of benzene rings is 2. The highest BCUT2D eigenvalue weighted by atomic mass is 15.5. The SMILES string of the molecule is N#Cc1ccc(-n2ncc(-c3ccccc3)n2)cc1. The van der Waals surface area contributed by atoms with E-state index in [-0.39, 0.29) is 0 Å². The Morgan fingerprint density at radius 2 is 1.68 bits per heavy atom. The first kappa shape index (κ1) is 11.2. The van der Waals surface area contributed by atoms with Crippen molar-refractivity contribution in [3.63, 3.8) is 0 Å². The van der Waals surface area contributed by atoms with Gasteiger partial charge in [0.2, 0.25) is 0 Å². The lowest BCUT2D eigenvalue weighted by molar-refractivity contribution is 0.753. The molecule has 0 spiro atoms. The molecule has 0 aliphatic carbocycles. The zero-order valence-corrected chi connectivity index (χ0v) is 10.1. The van der Waals surface area contributed by atoms with Crippen molar-refractivity contribution in [3.8, 4) is 23.0 Å². The Morgan fingerprint density at radius 1 is 0.947 bits per heavy atom. The van der Waals surface area contributed by atoms with Crippen LogP contribution in [0.4, 0.5) is 0 Å². The fourth-order valence-electron chi connectivity index (χ4n) is 1.80. The predicted octanol–water partition coefficient (Wildman–Crippen LogP) is 2.81. The molecule has 0 radical (unpaired) electrons. The first-order valence-electron chi connectivity index (χ1n) is 5.85. The van der Waals surface area contributed by atoms with Crippen molar-refractivity contribution >= 4 is 0 Å². The second-order valence-corrected chi connectivity index (χ2v) is 4.04. The van der Waals surface area contributed by atoms with Crippen LogP contribution in [0.3, 0.4) is 0 Å². The minimum atomic E-state index is 0.624. The fraction of sp³-hybridized carbons (Fsp3) is 0. The molecule has 19 heavy (non-hydrogen) atoms. The van der Waals surface area contributed by atoms with Crippen molar-refractivity contribution in [3.05, 3.63) is 66.4 Å². The molecule has 2 aromatic carbocycles. The maximum atomic E-state index is 8.76. The van der Waals surface area contributed by atoms with Crippen LogP contribution < -0.4 is 0 Å². The molecular formula is C15H10N4. The van der Waals surface area contributed by atoms with E-state index in [9.17, 15) is 0 Å². The van der Waals surface area contributed by atoms with Crippen LogP contribution >= 0.6 is 0 Å². The Kier molecular flexibility index (Phi) is 2.79. The molecule has 4 nitrogen and oxygen atoms in total. The minimum Gasteiger partial charge on any atom is -0.192 e. The van der Waals surface area contributed by atoms with Crippen molar-refractivity contribution in [1.29, 1.82) is 5.26 Å². The molecule has 0 atom stereocenters. The van der Waals surface area contributed by atoms with E-state index in [0.717, 1.165) is 16.9 Å². The molecule has 0 aliphatic heterocycles. The third kappa shape index (κ3) is 2.22. The summed E-state index contributed by atoms with van der Waals surface area (Å²) in [7, 11) is 0. The van der Waals surface area contributed by atoms with Gasteiger partial charge in [0.15, 0.2) is 0 Å². The van der Waals surface area contributed by atoms with Crippen LogP contribution in [0.15, 0.2) is 60.8 Å². The summed E-state index contributed by atoms with van der Waals surface area (Å²) in [5.74, 6) is 0. The van der Waals surface area contributed by atoms with E-state index in [4.69, 9.17) is 5.26 Å². The maximum absolute atomic E-state index is 8.76. The van der Waals surface area contributed by atoms with Crippen LogP contribution in [-0.2, 0) is 0 Å². The smallest absolute Gasteiger partial charge is 0.113 e. The first-order chi connectivity index (χ1) is 9.36. The van der Waals surface area contributed by atoms with Crippen molar-refractivity contribution in [2.75, 3.05) is 0 Å². The van der Waals surface area contributed by atoms with Gasteiger partial charge in [0, 0.05) is 5.56 Å². The van der Waals surface area contributed by atoms with E-state index in [1.165, 1.54) is 0 Å². The summed E-state index contributed by atoms with van der Waals surface area (Å²) in [4.78, 5) is 1.56. The van der Waals surface area contributed by atoms with Crippen LogP contribution in [0.5, 0.6) is 0 Å². The van der Waals surface area contributed by atoms with Gasteiger partial charge < -0.3 is 0 Å². The third-order valence-corrected chi connectivity index (χ3v) is 2.79. The second-order valence-electron chi connectivity index (χ2n) is 4.04. The summed E-state index contributed by atoms with van der Waals surface area (Å²) in [6.45, 7) is 0. The Bertz CT molecular complexity index is 721. The molecule has 0 unspecified atom stereocenters. The molecule has 3 rings (SSSR count). The lowest BCUT2D eigenvalue weighted by atomic mass is 10.2. The molecule has 0 saturated carbocycles. The summed E-state index contributed by atoms with van der Waals surface area (Å²) in [5.41, 5.74) is 3.31. The molecule has 0 bridgehead atoms. The van der Waals surface area contributed by atoms with E-state index in [1.54, 1.807) is 23.1 Å². The predicted molar refractivity (Wildman–Crippen MR) is 71.5 cm³/mol. The summed E-state index contributed by atoms with van der Waals surface area (Å²) >= 11 is 0. The number of hydrogen-bond donors (Lipinski definition) is 0. The van der Waals surface area contributed by atoms with Gasteiger partial charge in [-0.15, -0.1) is 5.10 Å². The average molecular weight is 246 g/mol. The zero-order chi connectivity index (χ0) is 13.1. The van der Waals surface area contributed by atoms with Crippen molar-refractivity contribution in [1.82, 2.24) is 15.0 Å². The summed E-state index contributed by atoms with van der Waals surface area (Å²) in [6, 6.07) is 19.1. The Morgan fingerprint density at radius 3 is 2.37 bits per heavy atom. The second kappa shape index (κ2) is 4.75. The highest BCUT2D eigenvalue weighted by Gasteiger charge is 2.04. The molecule has 0 N–H and O–H groups in total. The van der Waals surface area contributed by atoms with E-state index >= 15 is 0 Å². The normalized spacial score (nSPS) is 10.1. The van der Waals surface area contributed by atoms with Crippen LogP contribution in [0.25, 0.3) is 16.9 Å². The lowest BCUT2D eigenvalue weighted by Crippen LogP contribution is -1.98. The summed E-state index contributed by atoms with van der Waals surface area (Å²) in [5, 5.41) is 17.4. The highest BCUT2D eigenvalue weighted by molar-refractivity contribution is 5.57. The zero-order valence-electron chi connectivity index (χ0n) is 10.1. The van der Waals surface area contributed by atoms with Gasteiger partial charge in [0.05, 0.1) is 23.5 Å².